The number of rotatable bonds is 3. The second-order valence-electron chi connectivity index (χ2n) is 5.71. The summed E-state index contributed by atoms with van der Waals surface area (Å²) in [4.78, 5) is 25.4. The van der Waals surface area contributed by atoms with E-state index < -0.39 is 11.5 Å². The van der Waals surface area contributed by atoms with Crippen LogP contribution in [0.2, 0.25) is 0 Å². The van der Waals surface area contributed by atoms with E-state index in [0.717, 1.165) is 25.7 Å². The van der Waals surface area contributed by atoms with Crippen molar-refractivity contribution in [2.24, 2.45) is 11.7 Å². The van der Waals surface area contributed by atoms with Gasteiger partial charge in [0.2, 0.25) is 0 Å². The fourth-order valence-corrected chi connectivity index (χ4v) is 3.04. The lowest BCUT2D eigenvalue weighted by atomic mass is 9.82. The normalized spacial score (nSPS) is 26.2. The number of carbonyl (C=O) groups is 2. The van der Waals surface area contributed by atoms with Crippen LogP contribution in [-0.4, -0.2) is 47.2 Å². The van der Waals surface area contributed by atoms with Crippen LogP contribution in [0.4, 0.5) is 4.79 Å². The van der Waals surface area contributed by atoms with Crippen molar-refractivity contribution in [3.05, 3.63) is 0 Å². The first-order chi connectivity index (χ1) is 9.07. The molecule has 0 bridgehead atoms. The average Bonchev–Trinajstić information content (AvgIpc) is 2.88. The van der Waals surface area contributed by atoms with Crippen LogP contribution in [-0.2, 0) is 4.79 Å². The van der Waals surface area contributed by atoms with Gasteiger partial charge < -0.3 is 21.1 Å². The SMILES string of the molecule is NCC1CCN(C(=O)NC2(C(=O)O)CCCCC2)C1. The number of carbonyl (C=O) groups excluding carboxylic acids is 1. The number of amides is 2. The highest BCUT2D eigenvalue weighted by atomic mass is 16.4. The second-order valence-corrected chi connectivity index (χ2v) is 5.71. The zero-order chi connectivity index (χ0) is 13.9. The Morgan fingerprint density at radius 1 is 1.32 bits per heavy atom. The predicted octanol–water partition coefficient (Wildman–Crippen LogP) is 0.764. The quantitative estimate of drug-likeness (QED) is 0.705. The first-order valence-corrected chi connectivity index (χ1v) is 7.08. The van der Waals surface area contributed by atoms with Crippen LogP contribution in [0.1, 0.15) is 38.5 Å². The third kappa shape index (κ3) is 3.00. The van der Waals surface area contributed by atoms with Gasteiger partial charge >= 0.3 is 12.0 Å². The zero-order valence-electron chi connectivity index (χ0n) is 11.2. The van der Waals surface area contributed by atoms with Gasteiger partial charge in [-0.25, -0.2) is 9.59 Å². The molecule has 0 spiro atoms. The summed E-state index contributed by atoms with van der Waals surface area (Å²) in [6, 6.07) is -0.250. The lowest BCUT2D eigenvalue weighted by molar-refractivity contribution is -0.145. The summed E-state index contributed by atoms with van der Waals surface area (Å²) in [5.74, 6) is -0.562. The molecule has 1 heterocycles. The van der Waals surface area contributed by atoms with Crippen LogP contribution < -0.4 is 11.1 Å². The molecule has 0 aromatic carbocycles. The molecule has 0 aromatic heterocycles. The first kappa shape index (κ1) is 14.1. The summed E-state index contributed by atoms with van der Waals surface area (Å²) in [5.41, 5.74) is 4.54. The van der Waals surface area contributed by atoms with Crippen molar-refractivity contribution in [1.29, 1.82) is 0 Å². The van der Waals surface area contributed by atoms with Crippen molar-refractivity contribution < 1.29 is 14.7 Å². The number of urea groups is 1. The van der Waals surface area contributed by atoms with Gasteiger partial charge in [-0.1, -0.05) is 19.3 Å². The predicted molar refractivity (Wildman–Crippen MR) is 70.7 cm³/mol. The smallest absolute Gasteiger partial charge is 0.329 e. The second kappa shape index (κ2) is 5.77. The molecular weight excluding hydrogens is 246 g/mol. The lowest BCUT2D eigenvalue weighted by Gasteiger charge is -2.35. The fourth-order valence-electron chi connectivity index (χ4n) is 3.04. The molecule has 0 radical (unpaired) electrons. The Kier molecular flexibility index (Phi) is 4.29. The topological polar surface area (TPSA) is 95.7 Å². The van der Waals surface area contributed by atoms with Gasteiger partial charge in [0, 0.05) is 13.1 Å². The molecule has 0 aromatic rings. The number of likely N-dealkylation sites (tertiary alicyclic amines) is 1. The van der Waals surface area contributed by atoms with Crippen molar-refractivity contribution in [2.45, 2.75) is 44.1 Å². The standard InChI is InChI=1S/C13H23N3O3/c14-8-10-4-7-16(9-10)12(19)15-13(11(17)18)5-2-1-3-6-13/h10H,1-9,14H2,(H,15,19)(H,17,18). The van der Waals surface area contributed by atoms with Crippen LogP contribution in [0.15, 0.2) is 0 Å². The Balaban J connectivity index is 1.98. The number of nitrogens with two attached hydrogens (primary N) is 1. The third-order valence-corrected chi connectivity index (χ3v) is 4.37. The van der Waals surface area contributed by atoms with E-state index in [1.54, 1.807) is 4.90 Å². The molecule has 1 aliphatic carbocycles. The number of carboxylic acids is 1. The van der Waals surface area contributed by atoms with E-state index in [0.29, 0.717) is 38.4 Å². The van der Waals surface area contributed by atoms with E-state index in [2.05, 4.69) is 5.32 Å². The molecule has 1 saturated carbocycles. The molecule has 1 atom stereocenters. The molecule has 1 saturated heterocycles. The molecule has 1 aliphatic heterocycles. The summed E-state index contributed by atoms with van der Waals surface area (Å²) in [5, 5.41) is 12.2. The summed E-state index contributed by atoms with van der Waals surface area (Å²) in [7, 11) is 0. The average molecular weight is 269 g/mol. The number of nitrogens with one attached hydrogen (secondary N) is 1. The molecule has 108 valence electrons. The van der Waals surface area contributed by atoms with Crippen molar-refractivity contribution in [3.8, 4) is 0 Å². The van der Waals surface area contributed by atoms with Gasteiger partial charge in [-0.05, 0) is 31.7 Å². The monoisotopic (exact) mass is 269 g/mol. The summed E-state index contributed by atoms with van der Waals surface area (Å²) < 4.78 is 0. The number of aliphatic carboxylic acids is 1. The molecule has 2 aliphatic rings. The van der Waals surface area contributed by atoms with Crippen molar-refractivity contribution >= 4 is 12.0 Å². The maximum absolute atomic E-state index is 12.2. The number of carboxylic acid groups (broad SMARTS) is 1. The number of hydrogen-bond donors (Lipinski definition) is 3. The molecular formula is C13H23N3O3. The van der Waals surface area contributed by atoms with Crippen molar-refractivity contribution in [1.82, 2.24) is 10.2 Å². The van der Waals surface area contributed by atoms with E-state index in [-0.39, 0.29) is 6.03 Å². The molecule has 2 rings (SSSR count). The van der Waals surface area contributed by atoms with Gasteiger partial charge in [-0.2, -0.15) is 0 Å². The molecule has 2 amide bonds. The minimum Gasteiger partial charge on any atom is -0.480 e. The highest BCUT2D eigenvalue weighted by Crippen LogP contribution is 2.29. The minimum atomic E-state index is -1.06. The van der Waals surface area contributed by atoms with Crippen LogP contribution in [0.5, 0.6) is 0 Å². The molecule has 19 heavy (non-hydrogen) atoms. The lowest BCUT2D eigenvalue weighted by Crippen LogP contribution is -2.58. The first-order valence-electron chi connectivity index (χ1n) is 7.08. The van der Waals surface area contributed by atoms with E-state index in [9.17, 15) is 14.7 Å². The van der Waals surface area contributed by atoms with Crippen LogP contribution in [0.25, 0.3) is 0 Å². The summed E-state index contributed by atoms with van der Waals surface area (Å²) >= 11 is 0. The minimum absolute atomic E-state index is 0.250. The van der Waals surface area contributed by atoms with Gasteiger partial charge in [-0.3, -0.25) is 0 Å². The Labute approximate surface area is 113 Å². The Morgan fingerprint density at radius 3 is 2.53 bits per heavy atom. The maximum Gasteiger partial charge on any atom is 0.329 e. The molecule has 4 N–H and O–H groups in total. The highest BCUT2D eigenvalue weighted by Gasteiger charge is 2.42. The maximum atomic E-state index is 12.2. The third-order valence-electron chi connectivity index (χ3n) is 4.37. The van der Waals surface area contributed by atoms with E-state index in [1.807, 2.05) is 0 Å². The van der Waals surface area contributed by atoms with Gasteiger partial charge in [0.15, 0.2) is 0 Å². The number of hydrogen-bond acceptors (Lipinski definition) is 3. The van der Waals surface area contributed by atoms with E-state index >= 15 is 0 Å². The molecule has 1 unspecified atom stereocenters. The molecule has 6 nitrogen and oxygen atoms in total. The Morgan fingerprint density at radius 2 is 2.00 bits per heavy atom. The van der Waals surface area contributed by atoms with Gasteiger partial charge in [-0.15, -0.1) is 0 Å². The zero-order valence-corrected chi connectivity index (χ0v) is 11.2. The largest absolute Gasteiger partial charge is 0.480 e. The molecule has 6 heteroatoms. The number of nitrogens with zero attached hydrogens (tertiary/aromatic N) is 1. The van der Waals surface area contributed by atoms with Gasteiger partial charge in [0.25, 0.3) is 0 Å². The fraction of sp³-hybridized carbons (Fsp3) is 0.846. The van der Waals surface area contributed by atoms with E-state index in [1.165, 1.54) is 0 Å². The van der Waals surface area contributed by atoms with Gasteiger partial charge in [0.05, 0.1) is 0 Å². The molecule has 2 fully saturated rings. The summed E-state index contributed by atoms with van der Waals surface area (Å²) in [6.45, 7) is 1.88. The van der Waals surface area contributed by atoms with Crippen molar-refractivity contribution in [2.75, 3.05) is 19.6 Å². The van der Waals surface area contributed by atoms with Crippen LogP contribution >= 0.6 is 0 Å². The summed E-state index contributed by atoms with van der Waals surface area (Å²) in [6.07, 6.45) is 4.73. The van der Waals surface area contributed by atoms with Crippen LogP contribution in [0.3, 0.4) is 0 Å². The Bertz CT molecular complexity index is 353. The van der Waals surface area contributed by atoms with Crippen LogP contribution in [0, 0.1) is 5.92 Å². The Hall–Kier alpha value is -1.30. The highest BCUT2D eigenvalue weighted by molar-refractivity contribution is 5.86. The van der Waals surface area contributed by atoms with E-state index in [4.69, 9.17) is 5.73 Å². The van der Waals surface area contributed by atoms with Crippen molar-refractivity contribution in [3.63, 3.8) is 0 Å². The van der Waals surface area contributed by atoms with Gasteiger partial charge in [0.1, 0.15) is 5.54 Å².